The van der Waals surface area contributed by atoms with E-state index in [0.29, 0.717) is 16.8 Å². The quantitative estimate of drug-likeness (QED) is 0.570. The number of nitrogens with zero attached hydrogens (tertiary/aromatic N) is 1. The maximum atomic E-state index is 12.9. The summed E-state index contributed by atoms with van der Waals surface area (Å²) in [6.07, 6.45) is 2.11. The van der Waals surface area contributed by atoms with E-state index in [1.165, 1.54) is 0 Å². The third kappa shape index (κ3) is 5.86. The molecule has 0 bridgehead atoms. The molecule has 0 saturated carbocycles. The number of hydrogen-bond donors (Lipinski definition) is 2. The van der Waals surface area contributed by atoms with Crippen molar-refractivity contribution >= 4 is 23.4 Å². The van der Waals surface area contributed by atoms with Crippen LogP contribution in [0.2, 0.25) is 0 Å². The lowest BCUT2D eigenvalue weighted by Crippen LogP contribution is -2.31. The molecule has 3 aromatic carbocycles. The van der Waals surface area contributed by atoms with Gasteiger partial charge in [-0.05, 0) is 48.7 Å². The molecule has 168 valence electrons. The van der Waals surface area contributed by atoms with E-state index in [1.54, 1.807) is 48.5 Å². The second-order valence-electron chi connectivity index (χ2n) is 8.14. The topological polar surface area (TPSA) is 78.5 Å². The van der Waals surface area contributed by atoms with Crippen molar-refractivity contribution in [3.63, 3.8) is 0 Å². The largest absolute Gasteiger partial charge is 0.345 e. The number of likely N-dealkylation sites (tertiary alicyclic amines) is 1. The Morgan fingerprint density at radius 3 is 2.12 bits per heavy atom. The van der Waals surface area contributed by atoms with Crippen molar-refractivity contribution in [3.8, 4) is 0 Å². The van der Waals surface area contributed by atoms with Gasteiger partial charge in [0.15, 0.2) is 0 Å². The number of amides is 3. The van der Waals surface area contributed by atoms with Crippen molar-refractivity contribution in [2.24, 2.45) is 0 Å². The Kier molecular flexibility index (Phi) is 7.15. The second kappa shape index (κ2) is 10.6. The SMILES string of the molecule is O=C(CC(NC(=O)c1ccccc1)c1ccccc1)Nc1cccc(C(=O)N2CCCC2)c1. The number of anilines is 1. The lowest BCUT2D eigenvalue weighted by molar-refractivity contribution is -0.116. The maximum Gasteiger partial charge on any atom is 0.253 e. The van der Waals surface area contributed by atoms with E-state index >= 15 is 0 Å². The minimum absolute atomic E-state index is 0.0131. The number of carbonyl (C=O) groups excluding carboxylic acids is 3. The highest BCUT2D eigenvalue weighted by atomic mass is 16.2. The molecule has 4 rings (SSSR count). The molecule has 1 unspecified atom stereocenters. The van der Waals surface area contributed by atoms with Crippen molar-refractivity contribution in [2.45, 2.75) is 25.3 Å². The number of nitrogens with one attached hydrogen (secondary N) is 2. The minimum Gasteiger partial charge on any atom is -0.345 e. The summed E-state index contributed by atoms with van der Waals surface area (Å²) >= 11 is 0. The van der Waals surface area contributed by atoms with Crippen LogP contribution in [-0.4, -0.2) is 35.7 Å². The fraction of sp³-hybridized carbons (Fsp3) is 0.222. The molecule has 0 aromatic heterocycles. The average molecular weight is 442 g/mol. The summed E-state index contributed by atoms with van der Waals surface area (Å²) in [4.78, 5) is 40.1. The predicted molar refractivity (Wildman–Crippen MR) is 128 cm³/mol. The third-order valence-corrected chi connectivity index (χ3v) is 5.72. The van der Waals surface area contributed by atoms with Gasteiger partial charge in [-0.1, -0.05) is 54.6 Å². The van der Waals surface area contributed by atoms with Gasteiger partial charge in [0.2, 0.25) is 5.91 Å². The summed E-state index contributed by atoms with van der Waals surface area (Å²) in [5, 5.41) is 5.85. The maximum absolute atomic E-state index is 12.9. The van der Waals surface area contributed by atoms with Crippen LogP contribution in [0.4, 0.5) is 5.69 Å². The number of rotatable bonds is 7. The summed E-state index contributed by atoms with van der Waals surface area (Å²) in [6, 6.07) is 24.9. The minimum atomic E-state index is -0.492. The number of hydrogen-bond acceptors (Lipinski definition) is 3. The van der Waals surface area contributed by atoms with E-state index < -0.39 is 6.04 Å². The first-order chi connectivity index (χ1) is 16.1. The van der Waals surface area contributed by atoms with E-state index in [0.717, 1.165) is 31.5 Å². The highest BCUT2D eigenvalue weighted by Crippen LogP contribution is 2.20. The van der Waals surface area contributed by atoms with Gasteiger partial charge in [0.05, 0.1) is 12.5 Å². The Labute approximate surface area is 193 Å². The monoisotopic (exact) mass is 441 g/mol. The molecule has 1 heterocycles. The van der Waals surface area contributed by atoms with E-state index in [1.807, 2.05) is 41.3 Å². The van der Waals surface area contributed by atoms with Gasteiger partial charge < -0.3 is 15.5 Å². The van der Waals surface area contributed by atoms with Gasteiger partial charge in [-0.2, -0.15) is 0 Å². The second-order valence-corrected chi connectivity index (χ2v) is 8.14. The Bertz CT molecular complexity index is 1110. The van der Waals surface area contributed by atoms with Gasteiger partial charge in [0.1, 0.15) is 0 Å². The van der Waals surface area contributed by atoms with Crippen LogP contribution in [0.25, 0.3) is 0 Å². The highest BCUT2D eigenvalue weighted by molar-refractivity contribution is 5.98. The van der Waals surface area contributed by atoms with Crippen LogP contribution in [0, 0.1) is 0 Å². The smallest absolute Gasteiger partial charge is 0.253 e. The summed E-state index contributed by atoms with van der Waals surface area (Å²) in [6.45, 7) is 1.55. The van der Waals surface area contributed by atoms with Crippen molar-refractivity contribution in [1.29, 1.82) is 0 Å². The van der Waals surface area contributed by atoms with E-state index in [-0.39, 0.29) is 24.1 Å². The molecular weight excluding hydrogens is 414 g/mol. The molecule has 1 fully saturated rings. The predicted octanol–water partition coefficient (Wildman–Crippen LogP) is 4.42. The van der Waals surface area contributed by atoms with Gasteiger partial charge in [-0.15, -0.1) is 0 Å². The van der Waals surface area contributed by atoms with Gasteiger partial charge in [-0.3, -0.25) is 14.4 Å². The fourth-order valence-corrected chi connectivity index (χ4v) is 4.00. The molecule has 2 N–H and O–H groups in total. The highest BCUT2D eigenvalue weighted by Gasteiger charge is 2.21. The average Bonchev–Trinajstić information content (AvgIpc) is 3.39. The lowest BCUT2D eigenvalue weighted by Gasteiger charge is -2.19. The van der Waals surface area contributed by atoms with E-state index in [2.05, 4.69) is 10.6 Å². The van der Waals surface area contributed by atoms with Crippen LogP contribution < -0.4 is 10.6 Å². The third-order valence-electron chi connectivity index (χ3n) is 5.72. The summed E-state index contributed by atoms with van der Waals surface area (Å²) in [7, 11) is 0. The molecule has 1 atom stereocenters. The zero-order valence-electron chi connectivity index (χ0n) is 18.4. The fourth-order valence-electron chi connectivity index (χ4n) is 4.00. The van der Waals surface area contributed by atoms with Crippen LogP contribution in [0.15, 0.2) is 84.9 Å². The first kappa shape index (κ1) is 22.3. The van der Waals surface area contributed by atoms with Crippen LogP contribution in [0.1, 0.15) is 51.6 Å². The Balaban J connectivity index is 1.45. The van der Waals surface area contributed by atoms with Gasteiger partial charge in [-0.25, -0.2) is 0 Å². The Hall–Kier alpha value is -3.93. The van der Waals surface area contributed by atoms with Crippen molar-refractivity contribution in [3.05, 3.63) is 102 Å². The molecule has 0 aliphatic carbocycles. The zero-order valence-corrected chi connectivity index (χ0v) is 18.4. The van der Waals surface area contributed by atoms with Crippen molar-refractivity contribution in [1.82, 2.24) is 10.2 Å². The van der Waals surface area contributed by atoms with Crippen molar-refractivity contribution in [2.75, 3.05) is 18.4 Å². The molecular formula is C27H27N3O3. The molecule has 1 aliphatic rings. The normalized spacial score (nSPS) is 13.9. The molecule has 3 aromatic rings. The molecule has 0 radical (unpaired) electrons. The molecule has 0 spiro atoms. The van der Waals surface area contributed by atoms with Gasteiger partial charge in [0, 0.05) is 29.9 Å². The van der Waals surface area contributed by atoms with Gasteiger partial charge >= 0.3 is 0 Å². The first-order valence-corrected chi connectivity index (χ1v) is 11.2. The molecule has 33 heavy (non-hydrogen) atoms. The van der Waals surface area contributed by atoms with Crippen LogP contribution in [-0.2, 0) is 4.79 Å². The summed E-state index contributed by atoms with van der Waals surface area (Å²) in [5.41, 5.74) is 2.50. The summed E-state index contributed by atoms with van der Waals surface area (Å²) in [5.74, 6) is -0.501. The Morgan fingerprint density at radius 2 is 1.42 bits per heavy atom. The molecule has 3 amide bonds. The standard InChI is InChI=1S/C27H27N3O3/c31-25(28-23-15-9-14-22(18-23)27(33)30-16-7-8-17-30)19-24(20-10-3-1-4-11-20)29-26(32)21-12-5-2-6-13-21/h1-6,9-15,18,24H,7-8,16-17,19H2,(H,28,31)(H,29,32). The molecule has 1 saturated heterocycles. The zero-order chi connectivity index (χ0) is 23.0. The number of carbonyl (C=O) groups is 3. The van der Waals surface area contributed by atoms with E-state index in [9.17, 15) is 14.4 Å². The Morgan fingerprint density at radius 1 is 0.788 bits per heavy atom. The molecule has 1 aliphatic heterocycles. The van der Waals surface area contributed by atoms with Gasteiger partial charge in [0.25, 0.3) is 11.8 Å². The van der Waals surface area contributed by atoms with E-state index in [4.69, 9.17) is 0 Å². The molecule has 6 nitrogen and oxygen atoms in total. The first-order valence-electron chi connectivity index (χ1n) is 11.2. The lowest BCUT2D eigenvalue weighted by atomic mass is 10.0. The van der Waals surface area contributed by atoms with Crippen LogP contribution >= 0.6 is 0 Å². The van der Waals surface area contributed by atoms with Crippen LogP contribution in [0.3, 0.4) is 0 Å². The molecule has 6 heteroatoms. The van der Waals surface area contributed by atoms with Crippen molar-refractivity contribution < 1.29 is 14.4 Å². The summed E-state index contributed by atoms with van der Waals surface area (Å²) < 4.78 is 0. The van der Waals surface area contributed by atoms with Crippen LogP contribution in [0.5, 0.6) is 0 Å². The number of benzene rings is 3.